The highest BCUT2D eigenvalue weighted by atomic mass is 79.9. The molecule has 21 heavy (non-hydrogen) atoms. The van der Waals surface area contributed by atoms with Crippen molar-refractivity contribution in [3.63, 3.8) is 0 Å². The summed E-state index contributed by atoms with van der Waals surface area (Å²) in [5.74, 6) is 1.16. The van der Waals surface area contributed by atoms with Gasteiger partial charge in [0.05, 0.1) is 10.2 Å². The number of rotatable bonds is 1. The molecule has 0 radical (unpaired) electrons. The van der Waals surface area contributed by atoms with Gasteiger partial charge in [-0.2, -0.15) is 0 Å². The lowest BCUT2D eigenvalue weighted by Crippen LogP contribution is -2.54. The normalized spacial score (nSPS) is 42.6. The number of carbonyl (C=O) groups is 2. The molecular formula is C17H26BrNO2. The zero-order valence-electron chi connectivity index (χ0n) is 13.5. The predicted molar refractivity (Wildman–Crippen MR) is 86.3 cm³/mol. The number of likely N-dealkylation sites (tertiary alicyclic amines) is 1. The fourth-order valence-corrected chi connectivity index (χ4v) is 6.42. The monoisotopic (exact) mass is 355 g/mol. The molecule has 1 heterocycles. The summed E-state index contributed by atoms with van der Waals surface area (Å²) in [7, 11) is 0. The van der Waals surface area contributed by atoms with Crippen molar-refractivity contribution in [1.29, 1.82) is 0 Å². The first kappa shape index (κ1) is 15.5. The van der Waals surface area contributed by atoms with Gasteiger partial charge < -0.3 is 4.90 Å². The van der Waals surface area contributed by atoms with Gasteiger partial charge in [-0.15, -0.1) is 0 Å². The van der Waals surface area contributed by atoms with Gasteiger partial charge in [-0.05, 0) is 37.0 Å². The van der Waals surface area contributed by atoms with Crippen molar-refractivity contribution in [3.05, 3.63) is 0 Å². The lowest BCUT2D eigenvalue weighted by atomic mass is 9.64. The van der Waals surface area contributed by atoms with Crippen LogP contribution in [0.4, 0.5) is 0 Å². The molecule has 2 saturated carbocycles. The largest absolute Gasteiger partial charge is 0.342 e. The number of nitrogens with zero attached hydrogens (tertiary/aromatic N) is 1. The third kappa shape index (κ3) is 1.66. The van der Waals surface area contributed by atoms with Crippen molar-refractivity contribution < 1.29 is 9.59 Å². The van der Waals surface area contributed by atoms with Crippen LogP contribution < -0.4 is 0 Å². The van der Waals surface area contributed by atoms with Crippen molar-refractivity contribution in [1.82, 2.24) is 4.90 Å². The third-order valence-corrected chi connectivity index (χ3v) is 8.37. The fourth-order valence-electron chi connectivity index (χ4n) is 4.92. The molecule has 0 aromatic heterocycles. The van der Waals surface area contributed by atoms with E-state index in [0.717, 1.165) is 38.8 Å². The molecule has 118 valence electrons. The highest BCUT2D eigenvalue weighted by Gasteiger charge is 2.77. The Balaban J connectivity index is 1.96. The summed E-state index contributed by atoms with van der Waals surface area (Å²) in [6.07, 6.45) is 3.85. The molecule has 2 aliphatic carbocycles. The van der Waals surface area contributed by atoms with Crippen LogP contribution in [0.5, 0.6) is 0 Å². The molecule has 1 aliphatic heterocycles. The second-order valence-electron chi connectivity index (χ2n) is 8.13. The third-order valence-electron chi connectivity index (χ3n) is 7.17. The Bertz CT molecular complexity index is 495. The number of hydrogen-bond acceptors (Lipinski definition) is 2. The van der Waals surface area contributed by atoms with E-state index in [4.69, 9.17) is 0 Å². The highest BCUT2D eigenvalue weighted by Crippen LogP contribution is 2.72. The number of carbonyl (C=O) groups excluding carboxylic acids is 2. The quantitative estimate of drug-likeness (QED) is 0.676. The molecule has 0 aromatic rings. The minimum absolute atomic E-state index is 0.218. The van der Waals surface area contributed by atoms with Crippen molar-refractivity contribution in [2.45, 2.75) is 58.2 Å². The van der Waals surface area contributed by atoms with Crippen LogP contribution in [0.2, 0.25) is 0 Å². The summed E-state index contributed by atoms with van der Waals surface area (Å²) >= 11 is 3.61. The molecule has 0 spiro atoms. The molecule has 1 saturated heterocycles. The number of piperidine rings is 1. The van der Waals surface area contributed by atoms with E-state index in [1.807, 2.05) is 4.90 Å². The molecule has 4 heteroatoms. The predicted octanol–water partition coefficient (Wildman–Crippen LogP) is 3.40. The SMILES string of the molecule is CC1CCN(C(=O)[C@@]23CC[C@](C)(C(=O)[C@@H]2Br)C3(C)C)CC1. The Morgan fingerprint density at radius 1 is 1.19 bits per heavy atom. The molecule has 3 fully saturated rings. The number of hydrogen-bond donors (Lipinski definition) is 0. The molecule has 2 bridgehead atoms. The smallest absolute Gasteiger partial charge is 0.230 e. The summed E-state index contributed by atoms with van der Waals surface area (Å²) in [5.41, 5.74) is -1.18. The second-order valence-corrected chi connectivity index (χ2v) is 9.05. The van der Waals surface area contributed by atoms with Gasteiger partial charge >= 0.3 is 0 Å². The topological polar surface area (TPSA) is 37.4 Å². The Kier molecular flexibility index (Phi) is 3.37. The van der Waals surface area contributed by atoms with Gasteiger partial charge in [-0.25, -0.2) is 0 Å². The second kappa shape index (κ2) is 4.56. The van der Waals surface area contributed by atoms with Crippen molar-refractivity contribution in [2.75, 3.05) is 13.1 Å². The van der Waals surface area contributed by atoms with Gasteiger partial charge in [0, 0.05) is 18.5 Å². The summed E-state index contributed by atoms with van der Waals surface area (Å²) in [5, 5.41) is 0. The highest BCUT2D eigenvalue weighted by molar-refractivity contribution is 9.10. The van der Waals surface area contributed by atoms with Crippen molar-refractivity contribution in [3.8, 4) is 0 Å². The molecular weight excluding hydrogens is 330 g/mol. The number of ketones is 1. The average Bonchev–Trinajstić information content (AvgIpc) is 2.71. The van der Waals surface area contributed by atoms with E-state index in [1.165, 1.54) is 0 Å². The van der Waals surface area contributed by atoms with Crippen molar-refractivity contribution >= 4 is 27.6 Å². The van der Waals surface area contributed by atoms with E-state index >= 15 is 0 Å². The molecule has 3 nitrogen and oxygen atoms in total. The Morgan fingerprint density at radius 3 is 2.24 bits per heavy atom. The molecule has 0 unspecified atom stereocenters. The van der Waals surface area contributed by atoms with Gasteiger partial charge in [0.15, 0.2) is 5.78 Å². The van der Waals surface area contributed by atoms with Crippen LogP contribution in [0.15, 0.2) is 0 Å². The lowest BCUT2D eigenvalue weighted by Gasteiger charge is -2.44. The fraction of sp³-hybridized carbons (Fsp3) is 0.882. The van der Waals surface area contributed by atoms with Crippen LogP contribution in [0.3, 0.4) is 0 Å². The van der Waals surface area contributed by atoms with Crippen LogP contribution in [-0.4, -0.2) is 34.5 Å². The van der Waals surface area contributed by atoms with Crippen LogP contribution in [-0.2, 0) is 9.59 Å². The summed E-state index contributed by atoms with van der Waals surface area (Å²) in [6, 6.07) is 0. The molecule has 0 N–H and O–H groups in total. The molecule has 3 aliphatic rings. The lowest BCUT2D eigenvalue weighted by molar-refractivity contribution is -0.148. The molecule has 3 atom stereocenters. The Hall–Kier alpha value is -0.380. The van der Waals surface area contributed by atoms with Crippen LogP contribution in [0.1, 0.15) is 53.4 Å². The number of fused-ring (bicyclic) bond motifs is 2. The van der Waals surface area contributed by atoms with Gasteiger partial charge in [0.25, 0.3) is 0 Å². The average molecular weight is 356 g/mol. The summed E-state index contributed by atoms with van der Waals surface area (Å²) in [6.45, 7) is 10.3. The first-order chi connectivity index (χ1) is 9.68. The maximum Gasteiger partial charge on any atom is 0.230 e. The van der Waals surface area contributed by atoms with E-state index in [2.05, 4.69) is 43.6 Å². The van der Waals surface area contributed by atoms with Gasteiger partial charge in [-0.1, -0.05) is 43.6 Å². The first-order valence-electron chi connectivity index (χ1n) is 8.16. The van der Waals surface area contributed by atoms with E-state index < -0.39 is 5.41 Å². The minimum atomic E-state index is -0.542. The van der Waals surface area contributed by atoms with Crippen LogP contribution in [0.25, 0.3) is 0 Å². The van der Waals surface area contributed by atoms with E-state index in [9.17, 15) is 9.59 Å². The maximum absolute atomic E-state index is 13.3. The number of amides is 1. The number of alkyl halides is 1. The first-order valence-corrected chi connectivity index (χ1v) is 9.08. The maximum atomic E-state index is 13.3. The number of Topliss-reactive ketones (excluding diaryl/α,β-unsaturated/α-hetero) is 1. The van der Waals surface area contributed by atoms with E-state index in [1.54, 1.807) is 0 Å². The Morgan fingerprint density at radius 2 is 1.76 bits per heavy atom. The standard InChI is InChI=1S/C17H26BrNO2/c1-11-5-9-19(10-6-11)14(21)17-8-7-16(4,15(17,2)3)13(20)12(17)18/h11-12H,5-10H2,1-4H3/t12-,16+,17+/m0/s1. The summed E-state index contributed by atoms with van der Waals surface area (Å²) in [4.78, 5) is 27.8. The minimum Gasteiger partial charge on any atom is -0.342 e. The zero-order chi connectivity index (χ0) is 15.6. The number of halogens is 1. The van der Waals surface area contributed by atoms with Gasteiger partial charge in [-0.3, -0.25) is 9.59 Å². The van der Waals surface area contributed by atoms with Crippen LogP contribution >= 0.6 is 15.9 Å². The van der Waals surface area contributed by atoms with Crippen molar-refractivity contribution in [2.24, 2.45) is 22.2 Å². The van der Waals surface area contributed by atoms with E-state index in [-0.39, 0.29) is 27.3 Å². The molecule has 0 aromatic carbocycles. The van der Waals surface area contributed by atoms with E-state index in [0.29, 0.717) is 5.92 Å². The summed E-state index contributed by atoms with van der Waals surface area (Å²) < 4.78 is 0. The molecule has 1 amide bonds. The zero-order valence-corrected chi connectivity index (χ0v) is 15.1. The van der Waals surface area contributed by atoms with Gasteiger partial charge in [0.2, 0.25) is 5.91 Å². The van der Waals surface area contributed by atoms with Crippen LogP contribution in [0, 0.1) is 22.2 Å². The Labute approximate surface area is 136 Å². The van der Waals surface area contributed by atoms with Gasteiger partial charge in [0.1, 0.15) is 0 Å². The molecule has 3 rings (SSSR count).